The van der Waals surface area contributed by atoms with Crippen molar-refractivity contribution < 1.29 is 17.2 Å². The molecule has 0 atom stereocenters. The monoisotopic (exact) mass is 304 g/mol. The van der Waals surface area contributed by atoms with Crippen molar-refractivity contribution in [2.24, 2.45) is 5.73 Å². The summed E-state index contributed by atoms with van der Waals surface area (Å²) < 4.78 is 52.9. The minimum atomic E-state index is -4.03. The molecule has 2 rings (SSSR count). The Hall–Kier alpha value is -1.05. The largest absolute Gasteiger partial charge is 0.329 e. The fourth-order valence-corrected chi connectivity index (χ4v) is 4.37. The van der Waals surface area contributed by atoms with Crippen LogP contribution in [0, 0.1) is 11.6 Å². The highest BCUT2D eigenvalue weighted by Gasteiger charge is 2.43. The van der Waals surface area contributed by atoms with Crippen molar-refractivity contribution in [1.82, 2.24) is 4.31 Å². The van der Waals surface area contributed by atoms with E-state index in [-0.39, 0.29) is 6.54 Å². The number of rotatable bonds is 4. The number of benzene rings is 1. The third-order valence-corrected chi connectivity index (χ3v) is 6.11. The molecule has 0 aromatic heterocycles. The molecule has 112 valence electrons. The van der Waals surface area contributed by atoms with Crippen LogP contribution in [0.4, 0.5) is 8.78 Å². The van der Waals surface area contributed by atoms with Gasteiger partial charge in [-0.3, -0.25) is 0 Å². The zero-order valence-electron chi connectivity index (χ0n) is 11.3. The molecule has 0 aliphatic heterocycles. The predicted molar refractivity (Wildman–Crippen MR) is 71.6 cm³/mol. The van der Waals surface area contributed by atoms with Gasteiger partial charge in [-0.25, -0.2) is 17.2 Å². The predicted octanol–water partition coefficient (Wildman–Crippen LogP) is 1.86. The topological polar surface area (TPSA) is 63.4 Å². The summed E-state index contributed by atoms with van der Waals surface area (Å²) >= 11 is 0. The van der Waals surface area contributed by atoms with Gasteiger partial charge in [0.05, 0.1) is 0 Å². The Morgan fingerprint density at radius 3 is 2.40 bits per heavy atom. The Morgan fingerprint density at radius 2 is 1.90 bits per heavy atom. The summed E-state index contributed by atoms with van der Waals surface area (Å²) in [4.78, 5) is -0.513. The van der Waals surface area contributed by atoms with Crippen LogP contribution in [0.15, 0.2) is 23.1 Å². The van der Waals surface area contributed by atoms with Crippen LogP contribution in [0.3, 0.4) is 0 Å². The molecule has 1 aromatic carbocycles. The van der Waals surface area contributed by atoms with Crippen molar-refractivity contribution in [1.29, 1.82) is 0 Å². The van der Waals surface area contributed by atoms with Crippen molar-refractivity contribution in [2.45, 2.75) is 36.1 Å². The second-order valence-electron chi connectivity index (χ2n) is 5.18. The quantitative estimate of drug-likeness (QED) is 0.923. The fourth-order valence-electron chi connectivity index (χ4n) is 2.77. The molecule has 1 aliphatic rings. The lowest BCUT2D eigenvalue weighted by Gasteiger charge is -2.36. The van der Waals surface area contributed by atoms with Gasteiger partial charge in [0.2, 0.25) is 10.0 Å². The minimum Gasteiger partial charge on any atom is -0.329 e. The Labute approximate surface area is 117 Å². The van der Waals surface area contributed by atoms with Gasteiger partial charge in [0.25, 0.3) is 0 Å². The van der Waals surface area contributed by atoms with Gasteiger partial charge in [0.1, 0.15) is 16.5 Å². The van der Waals surface area contributed by atoms with Crippen molar-refractivity contribution in [3.05, 3.63) is 29.8 Å². The molecule has 0 spiro atoms. The van der Waals surface area contributed by atoms with Crippen molar-refractivity contribution in [3.63, 3.8) is 0 Å². The number of hydrogen-bond acceptors (Lipinski definition) is 3. The highest BCUT2D eigenvalue weighted by molar-refractivity contribution is 7.89. The van der Waals surface area contributed by atoms with Gasteiger partial charge in [0, 0.05) is 25.2 Å². The highest BCUT2D eigenvalue weighted by Crippen LogP contribution is 2.37. The van der Waals surface area contributed by atoms with Gasteiger partial charge in [-0.15, -0.1) is 0 Å². The van der Waals surface area contributed by atoms with E-state index in [1.165, 1.54) is 7.05 Å². The molecule has 1 aromatic rings. The third-order valence-electron chi connectivity index (χ3n) is 4.11. The van der Waals surface area contributed by atoms with E-state index < -0.39 is 32.1 Å². The first-order chi connectivity index (χ1) is 9.33. The lowest BCUT2D eigenvalue weighted by atomic mass is 9.98. The third kappa shape index (κ3) is 2.45. The normalized spacial score (nSPS) is 18.6. The summed E-state index contributed by atoms with van der Waals surface area (Å²) in [5.74, 6) is -1.89. The van der Waals surface area contributed by atoms with E-state index in [9.17, 15) is 17.2 Å². The average Bonchev–Trinajstić information content (AvgIpc) is 2.87. The van der Waals surface area contributed by atoms with E-state index in [1.54, 1.807) is 0 Å². The van der Waals surface area contributed by atoms with E-state index in [1.807, 2.05) is 0 Å². The molecule has 0 amide bonds. The summed E-state index contributed by atoms with van der Waals surface area (Å²) in [7, 11) is -2.62. The van der Waals surface area contributed by atoms with Crippen LogP contribution in [0.5, 0.6) is 0 Å². The van der Waals surface area contributed by atoms with E-state index in [0.29, 0.717) is 18.9 Å². The number of nitrogens with zero attached hydrogens (tertiary/aromatic N) is 1. The Kier molecular flexibility index (Phi) is 4.13. The second-order valence-corrected chi connectivity index (χ2v) is 7.12. The molecule has 0 bridgehead atoms. The Bertz CT molecular complexity index is 598. The smallest absolute Gasteiger partial charge is 0.246 e. The minimum absolute atomic E-state index is 0.186. The Morgan fingerprint density at radius 1 is 1.30 bits per heavy atom. The van der Waals surface area contributed by atoms with Crippen LogP contribution in [-0.2, 0) is 10.0 Å². The summed E-state index contributed by atoms with van der Waals surface area (Å²) in [5.41, 5.74) is 5.08. The van der Waals surface area contributed by atoms with Crippen LogP contribution in [0.1, 0.15) is 25.7 Å². The highest BCUT2D eigenvalue weighted by atomic mass is 32.2. The molecule has 20 heavy (non-hydrogen) atoms. The molecular weight excluding hydrogens is 286 g/mol. The van der Waals surface area contributed by atoms with Gasteiger partial charge >= 0.3 is 0 Å². The van der Waals surface area contributed by atoms with E-state index in [2.05, 4.69) is 0 Å². The van der Waals surface area contributed by atoms with Crippen molar-refractivity contribution >= 4 is 10.0 Å². The van der Waals surface area contributed by atoms with Crippen molar-refractivity contribution in [3.8, 4) is 0 Å². The van der Waals surface area contributed by atoms with Crippen molar-refractivity contribution in [2.75, 3.05) is 13.6 Å². The summed E-state index contributed by atoms with van der Waals surface area (Å²) in [5, 5.41) is 0. The molecule has 0 unspecified atom stereocenters. The lowest BCUT2D eigenvalue weighted by molar-refractivity contribution is 0.230. The van der Waals surface area contributed by atoms with Crippen LogP contribution in [0.2, 0.25) is 0 Å². The SMILES string of the molecule is CN(C1(CN)CCCC1)S(=O)(=O)c1ccc(F)cc1F. The maximum atomic E-state index is 13.7. The molecule has 1 fully saturated rings. The molecule has 7 heteroatoms. The van der Waals surface area contributed by atoms with Crippen LogP contribution >= 0.6 is 0 Å². The van der Waals surface area contributed by atoms with Gasteiger partial charge in [-0.2, -0.15) is 4.31 Å². The second kappa shape index (κ2) is 5.38. The summed E-state index contributed by atoms with van der Waals surface area (Å²) in [6.45, 7) is 0.186. The summed E-state index contributed by atoms with van der Waals surface area (Å²) in [6, 6.07) is 2.47. The number of hydrogen-bond donors (Lipinski definition) is 1. The van der Waals surface area contributed by atoms with Crippen LogP contribution in [0.25, 0.3) is 0 Å². The molecule has 2 N–H and O–H groups in total. The molecular formula is C13H18F2N2O2S. The number of sulfonamides is 1. The number of halogens is 2. The lowest BCUT2D eigenvalue weighted by Crippen LogP contribution is -2.52. The van der Waals surface area contributed by atoms with E-state index in [0.717, 1.165) is 29.3 Å². The number of nitrogens with two attached hydrogens (primary N) is 1. The molecule has 4 nitrogen and oxygen atoms in total. The maximum absolute atomic E-state index is 13.7. The number of likely N-dealkylation sites (N-methyl/N-ethyl adjacent to an activating group) is 1. The first kappa shape index (κ1) is 15.3. The molecule has 0 saturated heterocycles. The van der Waals surface area contributed by atoms with Gasteiger partial charge < -0.3 is 5.73 Å². The van der Waals surface area contributed by atoms with Gasteiger partial charge in [0.15, 0.2) is 0 Å². The standard InChI is InChI=1S/C13H18F2N2O2S/c1-17(13(9-16)6-2-3-7-13)20(18,19)12-5-4-10(14)8-11(12)15/h4-5,8H,2-3,6-7,9,16H2,1H3. The van der Waals surface area contributed by atoms with E-state index in [4.69, 9.17) is 5.73 Å². The molecule has 1 saturated carbocycles. The first-order valence-corrected chi connectivity index (χ1v) is 7.92. The van der Waals surface area contributed by atoms with Gasteiger partial charge in [-0.1, -0.05) is 12.8 Å². The first-order valence-electron chi connectivity index (χ1n) is 6.48. The zero-order valence-corrected chi connectivity index (χ0v) is 12.1. The average molecular weight is 304 g/mol. The molecule has 1 aliphatic carbocycles. The van der Waals surface area contributed by atoms with Crippen LogP contribution < -0.4 is 5.73 Å². The van der Waals surface area contributed by atoms with E-state index >= 15 is 0 Å². The molecule has 0 radical (unpaired) electrons. The summed E-state index contributed by atoms with van der Waals surface area (Å²) in [6.07, 6.45) is 3.09. The fraction of sp³-hybridized carbons (Fsp3) is 0.538. The van der Waals surface area contributed by atoms with Gasteiger partial charge in [-0.05, 0) is 25.0 Å². The molecule has 0 heterocycles. The van der Waals surface area contributed by atoms with Crippen LogP contribution in [-0.4, -0.2) is 31.9 Å². The zero-order chi connectivity index (χ0) is 15.0. The Balaban J connectivity index is 2.44. The maximum Gasteiger partial charge on any atom is 0.246 e.